The molecule has 0 atom stereocenters. The van der Waals surface area contributed by atoms with E-state index < -0.39 is 0 Å². The molecule has 0 radical (unpaired) electrons. The van der Waals surface area contributed by atoms with Crippen LogP contribution < -0.4 is 4.90 Å². The van der Waals surface area contributed by atoms with Crippen LogP contribution in [0.2, 0.25) is 0 Å². The quantitative estimate of drug-likeness (QED) is 0.482. The van der Waals surface area contributed by atoms with Crippen LogP contribution in [-0.4, -0.2) is 6.54 Å². The van der Waals surface area contributed by atoms with E-state index in [1.165, 1.54) is 11.3 Å². The number of hydrogen-bond donors (Lipinski definition) is 0. The molecule has 0 heterocycles. The Bertz CT molecular complexity index is 443. The lowest BCUT2D eigenvalue weighted by Crippen LogP contribution is -2.22. The van der Waals surface area contributed by atoms with Gasteiger partial charge in [-0.15, -0.1) is 6.58 Å². The predicted molar refractivity (Wildman–Crippen MR) is 82.9 cm³/mol. The molecule has 0 aliphatic heterocycles. The van der Waals surface area contributed by atoms with Gasteiger partial charge in [0, 0.05) is 17.9 Å². The van der Waals surface area contributed by atoms with Gasteiger partial charge in [-0.05, 0) is 49.9 Å². The Morgan fingerprint density at radius 1 is 1.33 bits per heavy atom. The maximum absolute atomic E-state index is 4.07. The van der Waals surface area contributed by atoms with Gasteiger partial charge >= 0.3 is 0 Å². The summed E-state index contributed by atoms with van der Waals surface area (Å²) in [6, 6.07) is 6.40. The van der Waals surface area contributed by atoms with Crippen molar-refractivity contribution in [1.82, 2.24) is 0 Å². The summed E-state index contributed by atoms with van der Waals surface area (Å²) in [5, 5.41) is 0. The first-order valence-corrected chi connectivity index (χ1v) is 6.37. The Morgan fingerprint density at radius 2 is 2.06 bits per heavy atom. The highest BCUT2D eigenvalue weighted by atomic mass is 15.1. The number of benzene rings is 1. The molecule has 0 amide bonds. The molecule has 0 aliphatic rings. The summed E-state index contributed by atoms with van der Waals surface area (Å²) in [5.74, 6) is 0. The summed E-state index contributed by atoms with van der Waals surface area (Å²) >= 11 is 0. The van der Waals surface area contributed by atoms with Gasteiger partial charge in [-0.1, -0.05) is 31.4 Å². The third kappa shape index (κ3) is 3.63. The number of rotatable bonds is 7. The average Bonchev–Trinajstić information content (AvgIpc) is 2.35. The lowest BCUT2D eigenvalue weighted by atomic mass is 10.1. The molecule has 1 aromatic carbocycles. The molecular weight excluding hydrogens is 218 g/mol. The molecule has 0 saturated carbocycles. The van der Waals surface area contributed by atoms with E-state index in [9.17, 15) is 0 Å². The van der Waals surface area contributed by atoms with Crippen molar-refractivity contribution in [1.29, 1.82) is 0 Å². The topological polar surface area (TPSA) is 3.24 Å². The Hall–Kier alpha value is -1.76. The molecule has 0 unspecified atom stereocenters. The van der Waals surface area contributed by atoms with Gasteiger partial charge in [0.25, 0.3) is 0 Å². The van der Waals surface area contributed by atoms with Crippen molar-refractivity contribution in [3.05, 3.63) is 60.8 Å². The monoisotopic (exact) mass is 241 g/mol. The van der Waals surface area contributed by atoms with Crippen LogP contribution in [0, 0.1) is 6.92 Å². The first kappa shape index (κ1) is 14.3. The summed E-state index contributed by atoms with van der Waals surface area (Å²) in [5.41, 5.74) is 4.73. The van der Waals surface area contributed by atoms with Crippen molar-refractivity contribution in [3.63, 3.8) is 0 Å². The van der Waals surface area contributed by atoms with Gasteiger partial charge in [0.05, 0.1) is 0 Å². The van der Waals surface area contributed by atoms with Crippen molar-refractivity contribution < 1.29 is 0 Å². The van der Waals surface area contributed by atoms with Crippen LogP contribution in [0.25, 0.3) is 6.08 Å². The van der Waals surface area contributed by atoms with E-state index in [1.807, 2.05) is 12.2 Å². The predicted octanol–water partition coefficient (Wildman–Crippen LogP) is 4.94. The van der Waals surface area contributed by atoms with E-state index in [4.69, 9.17) is 0 Å². The second-order valence-electron chi connectivity index (χ2n) is 4.57. The van der Waals surface area contributed by atoms with Crippen molar-refractivity contribution in [3.8, 4) is 0 Å². The molecule has 1 heteroatoms. The van der Waals surface area contributed by atoms with Gasteiger partial charge < -0.3 is 4.90 Å². The zero-order chi connectivity index (χ0) is 13.5. The lowest BCUT2D eigenvalue weighted by Gasteiger charge is -2.26. The Morgan fingerprint density at radius 3 is 2.56 bits per heavy atom. The van der Waals surface area contributed by atoms with Crippen LogP contribution in [0.4, 0.5) is 5.69 Å². The third-order valence-electron chi connectivity index (χ3n) is 3.00. The highest BCUT2D eigenvalue weighted by Crippen LogP contribution is 2.25. The second-order valence-corrected chi connectivity index (χ2v) is 4.57. The molecule has 18 heavy (non-hydrogen) atoms. The number of nitrogens with zero attached hydrogens (tertiary/aromatic N) is 1. The SMILES string of the molecule is C=CCCCN(C(=C)C)c1ccc(C=C)cc1C. The molecule has 0 fully saturated rings. The molecular formula is C17H23N. The molecule has 0 aromatic heterocycles. The Labute approximate surface area is 111 Å². The normalized spacial score (nSPS) is 9.89. The molecule has 0 bridgehead atoms. The van der Waals surface area contributed by atoms with Crippen LogP contribution in [-0.2, 0) is 0 Å². The van der Waals surface area contributed by atoms with Crippen LogP contribution in [0.1, 0.15) is 30.9 Å². The van der Waals surface area contributed by atoms with Crippen molar-refractivity contribution in [2.45, 2.75) is 26.7 Å². The van der Waals surface area contributed by atoms with Crippen LogP contribution in [0.3, 0.4) is 0 Å². The molecule has 0 saturated heterocycles. The molecule has 1 rings (SSSR count). The maximum Gasteiger partial charge on any atom is 0.0438 e. The van der Waals surface area contributed by atoms with Crippen LogP contribution >= 0.6 is 0 Å². The van der Waals surface area contributed by atoms with E-state index in [0.717, 1.165) is 30.6 Å². The first-order chi connectivity index (χ1) is 8.60. The summed E-state index contributed by atoms with van der Waals surface area (Å²) in [6.45, 7) is 16.8. The van der Waals surface area contributed by atoms with Crippen molar-refractivity contribution in [2.75, 3.05) is 11.4 Å². The summed E-state index contributed by atoms with van der Waals surface area (Å²) in [4.78, 5) is 2.27. The number of allylic oxidation sites excluding steroid dienone is 2. The summed E-state index contributed by atoms with van der Waals surface area (Å²) < 4.78 is 0. The Balaban J connectivity index is 2.94. The fourth-order valence-corrected chi connectivity index (χ4v) is 2.02. The van der Waals surface area contributed by atoms with Crippen LogP contribution in [0.15, 0.2) is 49.7 Å². The van der Waals surface area contributed by atoms with Gasteiger partial charge in [-0.2, -0.15) is 0 Å². The fraction of sp³-hybridized carbons (Fsp3) is 0.294. The smallest absolute Gasteiger partial charge is 0.0438 e. The van der Waals surface area contributed by atoms with E-state index in [2.05, 4.69) is 56.7 Å². The maximum atomic E-state index is 4.07. The third-order valence-corrected chi connectivity index (χ3v) is 3.00. The molecule has 96 valence electrons. The summed E-state index contributed by atoms with van der Waals surface area (Å²) in [6.07, 6.45) is 5.97. The molecule has 1 nitrogen and oxygen atoms in total. The number of anilines is 1. The van der Waals surface area contributed by atoms with E-state index in [1.54, 1.807) is 0 Å². The van der Waals surface area contributed by atoms with Gasteiger partial charge in [-0.25, -0.2) is 0 Å². The highest BCUT2D eigenvalue weighted by molar-refractivity contribution is 5.62. The standard InChI is InChI=1S/C17H23N/c1-6-8-9-12-18(14(3)4)17-11-10-16(7-2)13-15(17)5/h6-7,10-11,13H,1-3,8-9,12H2,4-5H3. The molecule has 1 aromatic rings. The Kier molecular flexibility index (Phi) is 5.44. The minimum atomic E-state index is 0.982. The van der Waals surface area contributed by atoms with E-state index in [0.29, 0.717) is 0 Å². The molecule has 0 N–H and O–H groups in total. The average molecular weight is 241 g/mol. The largest absolute Gasteiger partial charge is 0.346 e. The minimum Gasteiger partial charge on any atom is -0.346 e. The number of unbranched alkanes of at least 4 members (excludes halogenated alkanes) is 1. The van der Waals surface area contributed by atoms with Crippen molar-refractivity contribution in [2.24, 2.45) is 0 Å². The van der Waals surface area contributed by atoms with Gasteiger partial charge in [0.2, 0.25) is 0 Å². The number of aryl methyl sites for hydroxylation is 1. The summed E-state index contributed by atoms with van der Waals surface area (Å²) in [7, 11) is 0. The molecule has 0 spiro atoms. The fourth-order valence-electron chi connectivity index (χ4n) is 2.02. The zero-order valence-corrected chi connectivity index (χ0v) is 11.6. The van der Waals surface area contributed by atoms with Crippen LogP contribution in [0.5, 0.6) is 0 Å². The number of hydrogen-bond acceptors (Lipinski definition) is 1. The van der Waals surface area contributed by atoms with E-state index in [-0.39, 0.29) is 0 Å². The van der Waals surface area contributed by atoms with Crippen molar-refractivity contribution >= 4 is 11.8 Å². The zero-order valence-electron chi connectivity index (χ0n) is 11.6. The van der Waals surface area contributed by atoms with Gasteiger partial charge in [0.15, 0.2) is 0 Å². The lowest BCUT2D eigenvalue weighted by molar-refractivity contribution is 0.799. The van der Waals surface area contributed by atoms with Gasteiger partial charge in [0.1, 0.15) is 0 Å². The van der Waals surface area contributed by atoms with E-state index >= 15 is 0 Å². The highest BCUT2D eigenvalue weighted by Gasteiger charge is 2.09. The second kappa shape index (κ2) is 6.85. The first-order valence-electron chi connectivity index (χ1n) is 6.37. The molecule has 0 aliphatic carbocycles. The minimum absolute atomic E-state index is 0.982. The van der Waals surface area contributed by atoms with Gasteiger partial charge in [-0.3, -0.25) is 0 Å².